The summed E-state index contributed by atoms with van der Waals surface area (Å²) in [5.41, 5.74) is 6.30. The molecule has 0 fully saturated rings. The molecule has 7 heteroatoms. The van der Waals surface area contributed by atoms with Gasteiger partial charge < -0.3 is 14.2 Å². The number of aromatic nitrogens is 2. The van der Waals surface area contributed by atoms with Gasteiger partial charge in [-0.05, 0) is 73.4 Å². The number of pyridine rings is 1. The number of ether oxygens (including phenoxy) is 3. The normalized spacial score (nSPS) is 10.9. The molecule has 0 saturated carbocycles. The maximum atomic E-state index is 11.4. The first-order valence-corrected chi connectivity index (χ1v) is 12.1. The molecule has 0 spiro atoms. The molecule has 0 bridgehead atoms. The van der Waals surface area contributed by atoms with Crippen LogP contribution < -0.4 is 15.0 Å². The monoisotopic (exact) mass is 476 g/mol. The number of nitrogens with one attached hydrogen (secondary N) is 1. The number of aryl methyl sites for hydroxylation is 1. The Morgan fingerprint density at radius 2 is 1.76 bits per heavy atom. The van der Waals surface area contributed by atoms with Crippen LogP contribution in [0.1, 0.15) is 23.7 Å². The van der Waals surface area contributed by atoms with E-state index in [1.807, 2.05) is 50.2 Å². The fourth-order valence-corrected chi connectivity index (χ4v) is 4.38. The van der Waals surface area contributed by atoms with Gasteiger partial charge in [0.2, 0.25) is 5.88 Å². The average Bonchev–Trinajstić information content (AvgIpc) is 3.28. The quantitative estimate of drug-likeness (QED) is 0.294. The lowest BCUT2D eigenvalue weighted by Gasteiger charge is -2.15. The van der Waals surface area contributed by atoms with E-state index in [1.165, 1.54) is 11.5 Å². The first kappa shape index (κ1) is 23.7. The molecule has 34 heavy (non-hydrogen) atoms. The van der Waals surface area contributed by atoms with Crippen molar-refractivity contribution in [3.8, 4) is 33.2 Å². The Bertz CT molecular complexity index is 1290. The Morgan fingerprint density at radius 3 is 2.47 bits per heavy atom. The molecule has 0 amide bonds. The van der Waals surface area contributed by atoms with E-state index < -0.39 is 0 Å². The highest BCUT2D eigenvalue weighted by Gasteiger charge is 2.11. The largest absolute Gasteiger partial charge is 0.489 e. The van der Waals surface area contributed by atoms with Crippen LogP contribution in [0.3, 0.4) is 0 Å². The van der Waals surface area contributed by atoms with Crippen molar-refractivity contribution in [1.29, 1.82) is 0 Å². The first-order chi connectivity index (χ1) is 16.5. The van der Waals surface area contributed by atoms with Crippen molar-refractivity contribution < 1.29 is 14.2 Å². The topological polar surface area (TPSA) is 73.4 Å². The summed E-state index contributed by atoms with van der Waals surface area (Å²) in [5, 5.41) is 0. The smallest absolute Gasteiger partial charge is 0.258 e. The van der Waals surface area contributed by atoms with Gasteiger partial charge in [-0.25, -0.2) is 4.98 Å². The third-order valence-corrected chi connectivity index (χ3v) is 6.41. The second-order valence-electron chi connectivity index (χ2n) is 7.81. The molecule has 0 aliphatic carbocycles. The second-order valence-corrected chi connectivity index (χ2v) is 8.66. The fourth-order valence-electron chi connectivity index (χ4n) is 3.69. The molecule has 0 saturated heterocycles. The Balaban J connectivity index is 1.44. The van der Waals surface area contributed by atoms with Gasteiger partial charge in [0.1, 0.15) is 19.0 Å². The lowest BCUT2D eigenvalue weighted by Crippen LogP contribution is -2.07. The van der Waals surface area contributed by atoms with Gasteiger partial charge >= 0.3 is 0 Å². The van der Waals surface area contributed by atoms with Crippen molar-refractivity contribution in [1.82, 2.24) is 9.36 Å². The van der Waals surface area contributed by atoms with Crippen molar-refractivity contribution >= 4 is 11.5 Å². The second kappa shape index (κ2) is 11.1. The summed E-state index contributed by atoms with van der Waals surface area (Å²) in [6, 6.07) is 19.6. The summed E-state index contributed by atoms with van der Waals surface area (Å²) in [4.78, 5) is 16.9. The minimum Gasteiger partial charge on any atom is -0.489 e. The summed E-state index contributed by atoms with van der Waals surface area (Å²) in [6.45, 7) is 8.24. The van der Waals surface area contributed by atoms with Gasteiger partial charge in [-0.15, -0.1) is 0 Å². The van der Waals surface area contributed by atoms with Crippen molar-refractivity contribution in [2.24, 2.45) is 0 Å². The van der Waals surface area contributed by atoms with Gasteiger partial charge in [0.25, 0.3) is 5.56 Å². The maximum Gasteiger partial charge on any atom is 0.258 e. The van der Waals surface area contributed by atoms with Crippen molar-refractivity contribution in [2.75, 3.05) is 19.8 Å². The number of nitrogens with zero attached hydrogens (tertiary/aromatic N) is 1. The number of hydrogen-bond donors (Lipinski definition) is 1. The number of aromatic amines is 1. The molecule has 0 radical (unpaired) electrons. The van der Waals surface area contributed by atoms with Gasteiger partial charge in [-0.2, -0.15) is 0 Å². The van der Waals surface area contributed by atoms with Crippen molar-refractivity contribution in [3.05, 3.63) is 87.8 Å². The summed E-state index contributed by atoms with van der Waals surface area (Å²) < 4.78 is 19.8. The lowest BCUT2D eigenvalue weighted by molar-refractivity contribution is 0.108. The molecular weight excluding hydrogens is 448 g/mol. The molecule has 6 nitrogen and oxygen atoms in total. The zero-order valence-electron chi connectivity index (χ0n) is 19.6. The summed E-state index contributed by atoms with van der Waals surface area (Å²) in [6.07, 6.45) is 0. The van der Waals surface area contributed by atoms with Crippen LogP contribution in [0.2, 0.25) is 0 Å². The van der Waals surface area contributed by atoms with Crippen LogP contribution in [-0.4, -0.2) is 29.2 Å². The predicted octanol–water partition coefficient (Wildman–Crippen LogP) is 5.78. The molecule has 4 rings (SSSR count). The highest BCUT2D eigenvalue weighted by molar-refractivity contribution is 7.09. The lowest BCUT2D eigenvalue weighted by atomic mass is 9.96. The molecule has 0 unspecified atom stereocenters. The van der Waals surface area contributed by atoms with Gasteiger partial charge in [-0.3, -0.25) is 9.17 Å². The molecule has 0 aliphatic heterocycles. The maximum absolute atomic E-state index is 11.4. The van der Waals surface area contributed by atoms with Crippen LogP contribution >= 0.6 is 11.5 Å². The zero-order valence-corrected chi connectivity index (χ0v) is 20.4. The standard InChI is InChI=1S/C27H28N2O4S/c1-4-31-14-15-32-27-13-12-24(19(3)28-27)23-7-5-6-21(18(23)2)17-33-22-10-8-20(9-11-22)25-16-26(30)29-34-25/h5-13,16H,4,14-15,17H2,1-3H3,(H,29,30). The fraction of sp³-hybridized carbons (Fsp3) is 0.259. The van der Waals surface area contributed by atoms with E-state index in [-0.39, 0.29) is 5.56 Å². The van der Waals surface area contributed by atoms with Crippen LogP contribution in [0.5, 0.6) is 11.6 Å². The summed E-state index contributed by atoms with van der Waals surface area (Å²) in [5.74, 6) is 1.39. The van der Waals surface area contributed by atoms with Crippen LogP contribution in [0, 0.1) is 13.8 Å². The molecule has 2 heterocycles. The van der Waals surface area contributed by atoms with Crippen LogP contribution in [0.15, 0.2) is 65.5 Å². The Hall–Kier alpha value is -3.42. The number of hydrogen-bond acceptors (Lipinski definition) is 6. The summed E-state index contributed by atoms with van der Waals surface area (Å²) in [7, 11) is 0. The minimum atomic E-state index is -0.0788. The summed E-state index contributed by atoms with van der Waals surface area (Å²) >= 11 is 1.33. The van der Waals surface area contributed by atoms with E-state index in [1.54, 1.807) is 6.07 Å². The van der Waals surface area contributed by atoms with Crippen LogP contribution in [0.25, 0.3) is 21.6 Å². The molecule has 2 aromatic heterocycles. The van der Waals surface area contributed by atoms with Crippen molar-refractivity contribution in [2.45, 2.75) is 27.4 Å². The van der Waals surface area contributed by atoms with Gasteiger partial charge in [0, 0.05) is 30.0 Å². The van der Waals surface area contributed by atoms with E-state index in [0.717, 1.165) is 44.1 Å². The zero-order chi connectivity index (χ0) is 23.9. The molecule has 0 aliphatic rings. The Labute approximate surface area is 203 Å². The third-order valence-electron chi connectivity index (χ3n) is 5.54. The molecule has 1 N–H and O–H groups in total. The Kier molecular flexibility index (Phi) is 7.77. The minimum absolute atomic E-state index is 0.0788. The van der Waals surface area contributed by atoms with E-state index in [9.17, 15) is 4.79 Å². The average molecular weight is 477 g/mol. The SMILES string of the molecule is CCOCCOc1ccc(-c2cccc(COc3ccc(-c4cc(=O)[nH]s4)cc3)c2C)c(C)n1. The van der Waals surface area contributed by atoms with E-state index in [2.05, 4.69) is 34.5 Å². The van der Waals surface area contributed by atoms with Gasteiger partial charge in [0.05, 0.1) is 11.5 Å². The number of benzene rings is 2. The predicted molar refractivity (Wildman–Crippen MR) is 136 cm³/mol. The number of H-pyrrole nitrogens is 1. The highest BCUT2D eigenvalue weighted by atomic mass is 32.1. The first-order valence-electron chi connectivity index (χ1n) is 11.2. The number of rotatable bonds is 10. The van der Waals surface area contributed by atoms with Gasteiger partial charge in [-0.1, -0.05) is 29.7 Å². The molecular formula is C27H28N2O4S. The van der Waals surface area contributed by atoms with Gasteiger partial charge in [0.15, 0.2) is 0 Å². The van der Waals surface area contributed by atoms with E-state index in [0.29, 0.717) is 32.3 Å². The van der Waals surface area contributed by atoms with E-state index >= 15 is 0 Å². The van der Waals surface area contributed by atoms with Crippen molar-refractivity contribution in [3.63, 3.8) is 0 Å². The molecule has 2 aromatic carbocycles. The third kappa shape index (κ3) is 5.73. The molecule has 4 aromatic rings. The highest BCUT2D eigenvalue weighted by Crippen LogP contribution is 2.30. The van der Waals surface area contributed by atoms with E-state index in [4.69, 9.17) is 14.2 Å². The Morgan fingerprint density at radius 1 is 0.941 bits per heavy atom. The molecule has 0 atom stereocenters. The van der Waals surface area contributed by atoms with Crippen LogP contribution in [0.4, 0.5) is 0 Å². The van der Waals surface area contributed by atoms with Crippen LogP contribution in [-0.2, 0) is 11.3 Å². The molecule has 176 valence electrons.